The lowest BCUT2D eigenvalue weighted by atomic mass is 10.1. The molecule has 1 N–H and O–H groups in total. The van der Waals surface area contributed by atoms with Crippen molar-refractivity contribution < 1.29 is 19.1 Å². The van der Waals surface area contributed by atoms with E-state index < -0.39 is 23.7 Å². The molecule has 6 heteroatoms. The Bertz CT molecular complexity index is 702. The van der Waals surface area contributed by atoms with Gasteiger partial charge in [0, 0.05) is 11.1 Å². The number of rotatable bonds is 4. The highest BCUT2D eigenvalue weighted by Crippen LogP contribution is 2.26. The van der Waals surface area contributed by atoms with Crippen LogP contribution in [0.1, 0.15) is 26.3 Å². The normalized spacial score (nSPS) is 12.7. The summed E-state index contributed by atoms with van der Waals surface area (Å²) in [5, 5.41) is 5.67. The minimum Gasteiger partial charge on any atom is -0.467 e. The number of hydrogen-bond acceptors (Lipinski definition) is 5. The van der Waals surface area contributed by atoms with Gasteiger partial charge in [0.25, 0.3) is 0 Å². The molecule has 0 aliphatic carbocycles. The van der Waals surface area contributed by atoms with Gasteiger partial charge in [-0.05, 0) is 43.2 Å². The van der Waals surface area contributed by atoms with Crippen LogP contribution in [0.5, 0.6) is 0 Å². The van der Waals surface area contributed by atoms with Crippen molar-refractivity contribution >= 4 is 33.5 Å². The number of methoxy groups -OCH3 is 1. The second kappa shape index (κ2) is 7.00. The van der Waals surface area contributed by atoms with E-state index >= 15 is 0 Å². The van der Waals surface area contributed by atoms with Gasteiger partial charge < -0.3 is 14.8 Å². The Hall–Kier alpha value is -2.08. The van der Waals surface area contributed by atoms with Crippen LogP contribution in [0.15, 0.2) is 29.6 Å². The summed E-state index contributed by atoms with van der Waals surface area (Å²) in [6.45, 7) is 5.31. The molecule has 2 aromatic rings. The number of hydrogen-bond donors (Lipinski definition) is 1. The lowest BCUT2D eigenvalue weighted by molar-refractivity contribution is -0.143. The van der Waals surface area contributed by atoms with Crippen LogP contribution in [0.2, 0.25) is 0 Å². The van der Waals surface area contributed by atoms with Gasteiger partial charge in [0.1, 0.15) is 11.6 Å². The van der Waals surface area contributed by atoms with E-state index in [1.807, 2.05) is 29.6 Å². The quantitative estimate of drug-likeness (QED) is 0.869. The lowest BCUT2D eigenvalue weighted by Crippen LogP contribution is -2.45. The van der Waals surface area contributed by atoms with Gasteiger partial charge in [-0.3, -0.25) is 0 Å². The average molecular weight is 335 g/mol. The van der Waals surface area contributed by atoms with Crippen LogP contribution in [0, 0.1) is 0 Å². The Morgan fingerprint density at radius 2 is 1.96 bits per heavy atom. The molecule has 0 spiro atoms. The summed E-state index contributed by atoms with van der Waals surface area (Å²) in [6.07, 6.45) is -0.275. The van der Waals surface area contributed by atoms with Crippen molar-refractivity contribution in [3.63, 3.8) is 0 Å². The zero-order valence-corrected chi connectivity index (χ0v) is 14.5. The topological polar surface area (TPSA) is 64.6 Å². The van der Waals surface area contributed by atoms with Gasteiger partial charge in [-0.15, -0.1) is 11.3 Å². The zero-order valence-electron chi connectivity index (χ0n) is 13.7. The number of carbonyl (C=O) groups is 2. The number of carbonyl (C=O) groups excluding carboxylic acids is 2. The van der Waals surface area contributed by atoms with E-state index in [0.717, 1.165) is 15.6 Å². The van der Waals surface area contributed by atoms with E-state index in [2.05, 4.69) is 5.32 Å². The maximum absolute atomic E-state index is 12.0. The Balaban J connectivity index is 2.16. The molecule has 0 radical (unpaired) electrons. The first-order chi connectivity index (χ1) is 10.8. The summed E-state index contributed by atoms with van der Waals surface area (Å²) in [6, 6.07) is 7.17. The van der Waals surface area contributed by atoms with Crippen molar-refractivity contribution in [1.82, 2.24) is 5.32 Å². The maximum atomic E-state index is 12.0. The number of fused-ring (bicyclic) bond motifs is 1. The van der Waals surface area contributed by atoms with Crippen LogP contribution in [-0.4, -0.2) is 30.8 Å². The van der Waals surface area contributed by atoms with Crippen molar-refractivity contribution in [3.8, 4) is 0 Å². The van der Waals surface area contributed by atoms with E-state index in [1.165, 1.54) is 7.11 Å². The molecule has 0 aliphatic rings. The summed E-state index contributed by atoms with van der Waals surface area (Å²) < 4.78 is 11.2. The van der Waals surface area contributed by atoms with Crippen molar-refractivity contribution in [2.24, 2.45) is 0 Å². The van der Waals surface area contributed by atoms with Crippen molar-refractivity contribution in [1.29, 1.82) is 0 Å². The van der Waals surface area contributed by atoms with Gasteiger partial charge in [0.2, 0.25) is 0 Å². The molecule has 1 heterocycles. The lowest BCUT2D eigenvalue weighted by Gasteiger charge is -2.22. The Morgan fingerprint density at radius 3 is 2.61 bits per heavy atom. The average Bonchev–Trinajstić information content (AvgIpc) is 2.87. The van der Waals surface area contributed by atoms with Crippen LogP contribution in [0.4, 0.5) is 4.79 Å². The van der Waals surface area contributed by atoms with Gasteiger partial charge in [-0.1, -0.05) is 18.2 Å². The van der Waals surface area contributed by atoms with E-state index in [-0.39, 0.29) is 0 Å². The molecule has 1 aromatic carbocycles. The molecule has 0 aliphatic heterocycles. The van der Waals surface area contributed by atoms with Gasteiger partial charge >= 0.3 is 12.1 Å². The summed E-state index contributed by atoms with van der Waals surface area (Å²) in [5.41, 5.74) is 0.372. The fourth-order valence-corrected chi connectivity index (χ4v) is 3.17. The Morgan fingerprint density at radius 1 is 1.26 bits per heavy atom. The fourth-order valence-electron chi connectivity index (χ4n) is 2.20. The van der Waals surface area contributed by atoms with Crippen LogP contribution >= 0.6 is 11.3 Å². The largest absolute Gasteiger partial charge is 0.467 e. The first kappa shape index (κ1) is 17.3. The molecule has 5 nitrogen and oxygen atoms in total. The highest BCUT2D eigenvalue weighted by molar-refractivity contribution is 7.17. The number of alkyl carbamates (subject to hydrolysis) is 1. The molecule has 0 saturated heterocycles. The van der Waals surface area contributed by atoms with Crippen LogP contribution in [0.3, 0.4) is 0 Å². The second-order valence-corrected chi connectivity index (χ2v) is 7.09. The summed E-state index contributed by atoms with van der Waals surface area (Å²) >= 11 is 1.61. The van der Waals surface area contributed by atoms with E-state index in [0.29, 0.717) is 6.42 Å². The molecule has 1 atom stereocenters. The second-order valence-electron chi connectivity index (χ2n) is 6.18. The van der Waals surface area contributed by atoms with Crippen LogP contribution in [0.25, 0.3) is 10.1 Å². The molecule has 23 heavy (non-hydrogen) atoms. The van der Waals surface area contributed by atoms with Gasteiger partial charge in [-0.2, -0.15) is 0 Å². The summed E-state index contributed by atoms with van der Waals surface area (Å²) in [4.78, 5) is 23.9. The molecular formula is C17H21NO4S. The van der Waals surface area contributed by atoms with Crippen molar-refractivity contribution in [2.45, 2.75) is 38.8 Å². The van der Waals surface area contributed by atoms with Gasteiger partial charge in [-0.25, -0.2) is 9.59 Å². The Kier molecular flexibility index (Phi) is 5.26. The molecule has 0 saturated carbocycles. The fraction of sp³-hybridized carbons (Fsp3) is 0.412. The first-order valence-corrected chi connectivity index (χ1v) is 8.20. The predicted octanol–water partition coefficient (Wildman–Crippen LogP) is 3.51. The number of thiophene rings is 1. The van der Waals surface area contributed by atoms with Gasteiger partial charge in [0.05, 0.1) is 7.11 Å². The number of nitrogens with one attached hydrogen (secondary N) is 1. The van der Waals surface area contributed by atoms with E-state index in [9.17, 15) is 9.59 Å². The minimum absolute atomic E-state index is 0.357. The number of ether oxygens (including phenoxy) is 2. The van der Waals surface area contributed by atoms with Crippen LogP contribution < -0.4 is 5.32 Å². The number of benzene rings is 1. The first-order valence-electron chi connectivity index (χ1n) is 7.32. The molecule has 124 valence electrons. The van der Waals surface area contributed by atoms with Gasteiger partial charge in [0.15, 0.2) is 0 Å². The monoisotopic (exact) mass is 335 g/mol. The highest BCUT2D eigenvalue weighted by Gasteiger charge is 2.26. The molecule has 0 fully saturated rings. The zero-order chi connectivity index (χ0) is 17.0. The number of amides is 1. The smallest absolute Gasteiger partial charge is 0.408 e. The molecular weight excluding hydrogens is 314 g/mol. The highest BCUT2D eigenvalue weighted by atomic mass is 32.1. The SMILES string of the molecule is COC(=O)C(Cc1csc2ccccc12)NC(=O)OC(C)(C)C. The molecule has 2 rings (SSSR count). The third-order valence-corrected chi connectivity index (χ3v) is 4.17. The van der Waals surface area contributed by atoms with Crippen molar-refractivity contribution in [2.75, 3.05) is 7.11 Å². The predicted molar refractivity (Wildman–Crippen MR) is 90.7 cm³/mol. The minimum atomic E-state index is -0.784. The van der Waals surface area contributed by atoms with Crippen molar-refractivity contribution in [3.05, 3.63) is 35.2 Å². The molecule has 1 aromatic heterocycles. The summed E-state index contributed by atoms with van der Waals surface area (Å²) in [7, 11) is 1.30. The molecule has 0 bridgehead atoms. The van der Waals surface area contributed by atoms with E-state index in [4.69, 9.17) is 9.47 Å². The van der Waals surface area contributed by atoms with Crippen LogP contribution in [-0.2, 0) is 20.7 Å². The standard InChI is InChI=1S/C17H21NO4S/c1-17(2,3)22-16(20)18-13(15(19)21-4)9-11-10-23-14-8-6-5-7-12(11)14/h5-8,10,13H,9H2,1-4H3,(H,18,20). The third-order valence-electron chi connectivity index (χ3n) is 3.16. The van der Waals surface area contributed by atoms with E-state index in [1.54, 1.807) is 32.1 Å². The Labute approximate surface area is 139 Å². The summed E-state index contributed by atoms with van der Waals surface area (Å²) in [5.74, 6) is -0.494. The molecule has 1 unspecified atom stereocenters. The maximum Gasteiger partial charge on any atom is 0.408 e. The third kappa shape index (κ3) is 4.69. The molecule has 1 amide bonds. The number of esters is 1.